The quantitative estimate of drug-likeness (QED) is 0.767. The highest BCUT2D eigenvalue weighted by Gasteiger charge is 2.07. The fraction of sp³-hybridized carbons (Fsp3) is 0.500. The van der Waals surface area contributed by atoms with Crippen LogP contribution >= 0.6 is 0 Å². The van der Waals surface area contributed by atoms with Crippen LogP contribution in [0.2, 0.25) is 0 Å². The van der Waals surface area contributed by atoms with Gasteiger partial charge in [-0.25, -0.2) is 0 Å². The molecule has 1 atom stereocenters. The molecule has 1 aromatic rings. The fourth-order valence-electron chi connectivity index (χ4n) is 1.84. The zero-order valence-electron chi connectivity index (χ0n) is 11.1. The highest BCUT2D eigenvalue weighted by atomic mass is 16.5. The lowest BCUT2D eigenvalue weighted by Gasteiger charge is -2.13. The first-order valence-corrected chi connectivity index (χ1v) is 6.23. The van der Waals surface area contributed by atoms with Gasteiger partial charge in [0.25, 0.3) is 0 Å². The van der Waals surface area contributed by atoms with E-state index in [1.54, 1.807) is 0 Å². The standard InChI is InChI=1S/C14H22N2O2/c1-10(7-14(16)17)9-18-13-4-3-12(5-6-15)11(2)8-13/h3-4,8,10H,5-7,9,15H2,1-2H3,(H2,16,17)/t10-/m0/s1. The maximum absolute atomic E-state index is 10.7. The second-order valence-electron chi connectivity index (χ2n) is 4.71. The number of hydrogen-bond acceptors (Lipinski definition) is 3. The van der Waals surface area contributed by atoms with Crippen molar-refractivity contribution in [3.63, 3.8) is 0 Å². The molecule has 1 amide bonds. The topological polar surface area (TPSA) is 78.3 Å². The van der Waals surface area contributed by atoms with E-state index >= 15 is 0 Å². The first-order chi connectivity index (χ1) is 8.52. The maximum Gasteiger partial charge on any atom is 0.217 e. The van der Waals surface area contributed by atoms with E-state index in [2.05, 4.69) is 0 Å². The molecule has 4 heteroatoms. The van der Waals surface area contributed by atoms with Crippen molar-refractivity contribution >= 4 is 5.91 Å². The summed E-state index contributed by atoms with van der Waals surface area (Å²) in [6.45, 7) is 5.14. The minimum atomic E-state index is -0.291. The van der Waals surface area contributed by atoms with E-state index in [0.717, 1.165) is 12.2 Å². The average molecular weight is 250 g/mol. The molecular weight excluding hydrogens is 228 g/mol. The van der Waals surface area contributed by atoms with Gasteiger partial charge in [0.05, 0.1) is 6.61 Å². The van der Waals surface area contributed by atoms with Crippen molar-refractivity contribution in [2.24, 2.45) is 17.4 Å². The number of nitrogens with two attached hydrogens (primary N) is 2. The van der Waals surface area contributed by atoms with Crippen molar-refractivity contribution in [2.75, 3.05) is 13.2 Å². The van der Waals surface area contributed by atoms with E-state index in [0.29, 0.717) is 19.6 Å². The number of carbonyl (C=O) groups excluding carboxylic acids is 1. The van der Waals surface area contributed by atoms with Crippen LogP contribution in [0.4, 0.5) is 0 Å². The van der Waals surface area contributed by atoms with Crippen LogP contribution in [0.3, 0.4) is 0 Å². The van der Waals surface area contributed by atoms with E-state index in [1.807, 2.05) is 32.0 Å². The lowest BCUT2D eigenvalue weighted by atomic mass is 10.1. The van der Waals surface area contributed by atoms with Gasteiger partial charge in [-0.1, -0.05) is 13.0 Å². The van der Waals surface area contributed by atoms with Crippen LogP contribution < -0.4 is 16.2 Å². The first kappa shape index (κ1) is 14.5. The summed E-state index contributed by atoms with van der Waals surface area (Å²) in [7, 11) is 0. The van der Waals surface area contributed by atoms with E-state index < -0.39 is 0 Å². The molecule has 1 aromatic carbocycles. The Morgan fingerprint density at radius 2 is 2.17 bits per heavy atom. The molecule has 0 aromatic heterocycles. The number of amides is 1. The largest absolute Gasteiger partial charge is 0.493 e. The van der Waals surface area contributed by atoms with Gasteiger partial charge in [-0.2, -0.15) is 0 Å². The van der Waals surface area contributed by atoms with Crippen molar-refractivity contribution in [3.05, 3.63) is 29.3 Å². The van der Waals surface area contributed by atoms with E-state index in [1.165, 1.54) is 11.1 Å². The third kappa shape index (κ3) is 4.75. The molecule has 0 saturated carbocycles. The lowest BCUT2D eigenvalue weighted by molar-refractivity contribution is -0.119. The van der Waals surface area contributed by atoms with E-state index in [4.69, 9.17) is 16.2 Å². The summed E-state index contributed by atoms with van der Waals surface area (Å²) in [4.78, 5) is 10.7. The number of carbonyl (C=O) groups is 1. The van der Waals surface area contributed by atoms with Gasteiger partial charge in [0.2, 0.25) is 5.91 Å². The highest BCUT2D eigenvalue weighted by Crippen LogP contribution is 2.18. The SMILES string of the molecule is Cc1cc(OC[C@@H](C)CC(N)=O)ccc1CCN. The summed E-state index contributed by atoms with van der Waals surface area (Å²) in [5, 5.41) is 0. The predicted octanol–water partition coefficient (Wildman–Crippen LogP) is 1.39. The molecular formula is C14H22N2O2. The van der Waals surface area contributed by atoms with Crippen molar-refractivity contribution in [1.29, 1.82) is 0 Å². The smallest absolute Gasteiger partial charge is 0.217 e. The van der Waals surface area contributed by atoms with E-state index in [9.17, 15) is 4.79 Å². The summed E-state index contributed by atoms with van der Waals surface area (Å²) in [6, 6.07) is 5.98. The van der Waals surface area contributed by atoms with Crippen LogP contribution in [-0.4, -0.2) is 19.1 Å². The van der Waals surface area contributed by atoms with Gasteiger partial charge in [0.1, 0.15) is 5.75 Å². The zero-order valence-corrected chi connectivity index (χ0v) is 11.1. The summed E-state index contributed by atoms with van der Waals surface area (Å²) < 4.78 is 5.64. The Hall–Kier alpha value is -1.55. The summed E-state index contributed by atoms with van der Waals surface area (Å²) in [5.74, 6) is 0.664. The van der Waals surface area contributed by atoms with Crippen LogP contribution in [0.25, 0.3) is 0 Å². The number of rotatable bonds is 7. The summed E-state index contributed by atoms with van der Waals surface area (Å²) in [6.07, 6.45) is 1.23. The van der Waals surface area contributed by atoms with Crippen LogP contribution in [0.1, 0.15) is 24.5 Å². The van der Waals surface area contributed by atoms with Crippen LogP contribution in [0.15, 0.2) is 18.2 Å². The van der Waals surface area contributed by atoms with E-state index in [-0.39, 0.29) is 11.8 Å². The van der Waals surface area contributed by atoms with Gasteiger partial charge in [-0.05, 0) is 49.1 Å². The van der Waals surface area contributed by atoms with Crippen molar-refractivity contribution in [2.45, 2.75) is 26.7 Å². The van der Waals surface area contributed by atoms with Crippen molar-refractivity contribution < 1.29 is 9.53 Å². The predicted molar refractivity (Wildman–Crippen MR) is 72.4 cm³/mol. The molecule has 0 heterocycles. The number of hydrogen-bond donors (Lipinski definition) is 2. The molecule has 18 heavy (non-hydrogen) atoms. The van der Waals surface area contributed by atoms with Crippen molar-refractivity contribution in [3.8, 4) is 5.75 Å². The molecule has 4 nitrogen and oxygen atoms in total. The molecule has 0 radical (unpaired) electrons. The molecule has 0 aliphatic carbocycles. The minimum absolute atomic E-state index is 0.131. The molecule has 1 rings (SSSR count). The molecule has 0 fully saturated rings. The Morgan fingerprint density at radius 1 is 1.44 bits per heavy atom. The van der Waals surface area contributed by atoms with Gasteiger partial charge >= 0.3 is 0 Å². The maximum atomic E-state index is 10.7. The number of primary amides is 1. The van der Waals surface area contributed by atoms with Gasteiger partial charge < -0.3 is 16.2 Å². The highest BCUT2D eigenvalue weighted by molar-refractivity contribution is 5.73. The monoisotopic (exact) mass is 250 g/mol. The fourth-order valence-corrected chi connectivity index (χ4v) is 1.84. The number of ether oxygens (including phenoxy) is 1. The Morgan fingerprint density at radius 3 is 2.72 bits per heavy atom. The summed E-state index contributed by atoms with van der Waals surface area (Å²) in [5.41, 5.74) is 13.1. The Labute approximate surface area is 108 Å². The van der Waals surface area contributed by atoms with Crippen molar-refractivity contribution in [1.82, 2.24) is 0 Å². The molecule has 0 bridgehead atoms. The molecule has 0 saturated heterocycles. The third-order valence-corrected chi connectivity index (χ3v) is 2.81. The van der Waals surface area contributed by atoms with Crippen LogP contribution in [0, 0.1) is 12.8 Å². The van der Waals surface area contributed by atoms with Gasteiger partial charge in [-0.15, -0.1) is 0 Å². The Bertz CT molecular complexity index is 405. The second kappa shape index (κ2) is 7.01. The normalized spacial score (nSPS) is 12.2. The van der Waals surface area contributed by atoms with Crippen LogP contribution in [-0.2, 0) is 11.2 Å². The first-order valence-electron chi connectivity index (χ1n) is 6.23. The lowest BCUT2D eigenvalue weighted by Crippen LogP contribution is -2.19. The van der Waals surface area contributed by atoms with Gasteiger partial charge in [0, 0.05) is 6.42 Å². The van der Waals surface area contributed by atoms with Gasteiger partial charge in [0.15, 0.2) is 0 Å². The van der Waals surface area contributed by atoms with Gasteiger partial charge in [-0.3, -0.25) is 4.79 Å². The second-order valence-corrected chi connectivity index (χ2v) is 4.71. The molecule has 0 aliphatic rings. The minimum Gasteiger partial charge on any atom is -0.493 e. The molecule has 4 N–H and O–H groups in total. The van der Waals surface area contributed by atoms with Crippen LogP contribution in [0.5, 0.6) is 5.75 Å². The Kier molecular flexibility index (Phi) is 5.65. The average Bonchev–Trinajstić information content (AvgIpc) is 2.29. The molecule has 0 unspecified atom stereocenters. The zero-order chi connectivity index (χ0) is 13.5. The number of benzene rings is 1. The Balaban J connectivity index is 2.53. The summed E-state index contributed by atoms with van der Waals surface area (Å²) >= 11 is 0. The molecule has 0 aliphatic heterocycles. The molecule has 100 valence electrons. The number of aryl methyl sites for hydroxylation is 1. The third-order valence-electron chi connectivity index (χ3n) is 2.81. The molecule has 0 spiro atoms.